The zero-order chi connectivity index (χ0) is 25.2. The smallest absolute Gasteiger partial charge is 0.271 e. The van der Waals surface area contributed by atoms with Crippen LogP contribution in [0, 0.1) is 13.8 Å². The summed E-state index contributed by atoms with van der Waals surface area (Å²) in [7, 11) is 0. The Balaban J connectivity index is 1.33. The highest BCUT2D eigenvalue weighted by Crippen LogP contribution is 2.28. The molecule has 1 N–H and O–H groups in total. The molecule has 2 aromatic carbocycles. The molecule has 0 aliphatic carbocycles. The van der Waals surface area contributed by atoms with Crippen molar-refractivity contribution in [3.63, 3.8) is 0 Å². The molecule has 1 aromatic heterocycles. The maximum Gasteiger partial charge on any atom is 0.271 e. The number of carbonyl (C=O) groups is 1. The van der Waals surface area contributed by atoms with Crippen LogP contribution < -0.4 is 10.2 Å². The number of nitrogens with zero attached hydrogens (tertiary/aromatic N) is 4. The van der Waals surface area contributed by atoms with Crippen molar-refractivity contribution in [2.24, 2.45) is 0 Å². The lowest BCUT2D eigenvalue weighted by Gasteiger charge is -2.36. The first-order valence-electron chi connectivity index (χ1n) is 12.3. The predicted molar refractivity (Wildman–Crippen MR) is 145 cm³/mol. The van der Waals surface area contributed by atoms with E-state index >= 15 is 0 Å². The van der Waals surface area contributed by atoms with E-state index in [1.54, 1.807) is 0 Å². The summed E-state index contributed by atoms with van der Waals surface area (Å²) in [6, 6.07) is 16.2. The van der Waals surface area contributed by atoms with E-state index in [1.165, 1.54) is 16.8 Å². The molecule has 1 aliphatic heterocycles. The number of carbonyl (C=O) groups excluding carboxylic acids is 1. The molecule has 6 nitrogen and oxygen atoms in total. The van der Waals surface area contributed by atoms with Crippen LogP contribution >= 0.6 is 11.6 Å². The zero-order valence-corrected chi connectivity index (χ0v) is 22.2. The Morgan fingerprint density at radius 1 is 1.00 bits per heavy atom. The van der Waals surface area contributed by atoms with E-state index in [4.69, 9.17) is 11.6 Å². The molecular formula is C28H36ClN5O. The average Bonchev–Trinajstić information content (AvgIpc) is 3.27. The number of rotatable bonds is 6. The lowest BCUT2D eigenvalue weighted by molar-refractivity contribution is 0.0941. The number of aryl methyl sites for hydroxylation is 2. The lowest BCUT2D eigenvalue weighted by Crippen LogP contribution is -2.48. The van der Waals surface area contributed by atoms with E-state index in [0.29, 0.717) is 17.3 Å². The Hall–Kier alpha value is -2.83. The van der Waals surface area contributed by atoms with Crippen molar-refractivity contribution in [3.05, 3.63) is 70.4 Å². The molecule has 186 valence electrons. The molecular weight excluding hydrogens is 458 g/mol. The minimum atomic E-state index is -0.261. The van der Waals surface area contributed by atoms with Crippen molar-refractivity contribution >= 4 is 23.2 Å². The second-order valence-electron chi connectivity index (χ2n) is 10.4. The first-order chi connectivity index (χ1) is 16.6. The van der Waals surface area contributed by atoms with Crippen LogP contribution in [0.1, 0.15) is 42.4 Å². The number of benzene rings is 2. The van der Waals surface area contributed by atoms with Crippen molar-refractivity contribution in [2.45, 2.75) is 40.2 Å². The summed E-state index contributed by atoms with van der Waals surface area (Å²) in [5.74, 6) is -0.142. The highest BCUT2D eigenvalue weighted by Gasteiger charge is 2.23. The van der Waals surface area contributed by atoms with E-state index in [1.807, 2.05) is 35.0 Å². The maximum atomic E-state index is 12.9. The molecule has 0 saturated carbocycles. The lowest BCUT2D eigenvalue weighted by atomic mass is 10.1. The molecule has 1 fully saturated rings. The molecule has 35 heavy (non-hydrogen) atoms. The second kappa shape index (κ2) is 10.4. The largest absolute Gasteiger partial charge is 0.369 e. The molecule has 1 saturated heterocycles. The number of piperazine rings is 1. The number of aromatic nitrogens is 2. The summed E-state index contributed by atoms with van der Waals surface area (Å²) in [5.41, 5.74) is 6.02. The van der Waals surface area contributed by atoms with Gasteiger partial charge in [-0.25, -0.2) is 0 Å². The van der Waals surface area contributed by atoms with Gasteiger partial charge in [0, 0.05) is 50.0 Å². The van der Waals surface area contributed by atoms with Crippen LogP contribution in [0.5, 0.6) is 0 Å². The molecule has 1 aliphatic rings. The third kappa shape index (κ3) is 6.06. The van der Waals surface area contributed by atoms with Crippen molar-refractivity contribution < 1.29 is 4.79 Å². The van der Waals surface area contributed by atoms with E-state index in [-0.39, 0.29) is 11.4 Å². The maximum absolute atomic E-state index is 12.9. The molecule has 7 heteroatoms. The molecule has 1 amide bonds. The van der Waals surface area contributed by atoms with Crippen LogP contribution in [0.2, 0.25) is 5.02 Å². The number of halogens is 1. The average molecular weight is 494 g/mol. The van der Waals surface area contributed by atoms with Gasteiger partial charge >= 0.3 is 0 Å². The van der Waals surface area contributed by atoms with Crippen molar-refractivity contribution in [3.8, 4) is 11.3 Å². The summed E-state index contributed by atoms with van der Waals surface area (Å²) in [4.78, 5) is 17.8. The van der Waals surface area contributed by atoms with Crippen LogP contribution in [0.15, 0.2) is 48.5 Å². The molecule has 0 atom stereocenters. The molecule has 2 heterocycles. The summed E-state index contributed by atoms with van der Waals surface area (Å²) >= 11 is 6.06. The van der Waals surface area contributed by atoms with Gasteiger partial charge < -0.3 is 10.2 Å². The van der Waals surface area contributed by atoms with Gasteiger partial charge in [-0.05, 0) is 70.0 Å². The minimum Gasteiger partial charge on any atom is -0.369 e. The highest BCUT2D eigenvalue weighted by molar-refractivity contribution is 6.30. The van der Waals surface area contributed by atoms with Gasteiger partial charge in [0.1, 0.15) is 0 Å². The van der Waals surface area contributed by atoms with E-state index in [0.717, 1.165) is 44.0 Å². The molecule has 0 radical (unpaired) electrons. The standard InChI is InChI=1S/C28H36ClN5O/c1-20-6-11-25(21(2)18-20)33-16-14-32(15-17-33)13-12-30-27(35)24-19-26(34(31-24)28(3,4)5)22-7-9-23(29)10-8-22/h6-11,18-19H,12-17H2,1-5H3,(H,30,35). The molecule has 0 spiro atoms. The van der Waals surface area contributed by atoms with E-state index in [9.17, 15) is 4.79 Å². The Kier molecular flexibility index (Phi) is 7.53. The van der Waals surface area contributed by atoms with E-state index < -0.39 is 0 Å². The van der Waals surface area contributed by atoms with Crippen LogP contribution in [0.4, 0.5) is 5.69 Å². The van der Waals surface area contributed by atoms with Crippen LogP contribution in [-0.4, -0.2) is 59.9 Å². The van der Waals surface area contributed by atoms with Gasteiger partial charge in [-0.2, -0.15) is 5.10 Å². The van der Waals surface area contributed by atoms with Gasteiger partial charge in [0.2, 0.25) is 0 Å². The SMILES string of the molecule is Cc1ccc(N2CCN(CCNC(=O)c3cc(-c4ccc(Cl)cc4)n(C(C)(C)C)n3)CC2)c(C)c1. The summed E-state index contributed by atoms with van der Waals surface area (Å²) in [6.45, 7) is 16.0. The number of amides is 1. The first kappa shape index (κ1) is 25.3. The Morgan fingerprint density at radius 3 is 2.31 bits per heavy atom. The molecule has 3 aromatic rings. The van der Waals surface area contributed by atoms with Gasteiger partial charge in [0.25, 0.3) is 5.91 Å². The number of anilines is 1. The fraction of sp³-hybridized carbons (Fsp3) is 0.429. The van der Waals surface area contributed by atoms with Crippen LogP contribution in [0.25, 0.3) is 11.3 Å². The van der Waals surface area contributed by atoms with Gasteiger partial charge in [-0.15, -0.1) is 0 Å². The minimum absolute atomic E-state index is 0.142. The Morgan fingerprint density at radius 2 is 1.69 bits per heavy atom. The van der Waals surface area contributed by atoms with Crippen molar-refractivity contribution in [2.75, 3.05) is 44.2 Å². The van der Waals surface area contributed by atoms with E-state index in [2.05, 4.69) is 73.0 Å². The quantitative estimate of drug-likeness (QED) is 0.517. The highest BCUT2D eigenvalue weighted by atomic mass is 35.5. The second-order valence-corrected chi connectivity index (χ2v) is 10.8. The van der Waals surface area contributed by atoms with Gasteiger partial charge in [-0.3, -0.25) is 14.4 Å². The fourth-order valence-electron chi connectivity index (χ4n) is 4.62. The Bertz CT molecular complexity index is 1170. The summed E-state index contributed by atoms with van der Waals surface area (Å²) in [6.07, 6.45) is 0. The zero-order valence-electron chi connectivity index (χ0n) is 21.4. The fourth-order valence-corrected chi connectivity index (χ4v) is 4.75. The molecule has 4 rings (SSSR count). The third-order valence-electron chi connectivity index (χ3n) is 6.50. The monoisotopic (exact) mass is 493 g/mol. The van der Waals surface area contributed by atoms with Crippen LogP contribution in [-0.2, 0) is 5.54 Å². The molecule has 0 bridgehead atoms. The third-order valence-corrected chi connectivity index (χ3v) is 6.75. The van der Waals surface area contributed by atoms with Gasteiger partial charge in [-0.1, -0.05) is 41.4 Å². The summed E-state index contributed by atoms with van der Waals surface area (Å²) in [5, 5.41) is 8.40. The van der Waals surface area contributed by atoms with Crippen LogP contribution in [0.3, 0.4) is 0 Å². The Labute approximate surface area is 213 Å². The topological polar surface area (TPSA) is 53.4 Å². The number of hydrogen-bond acceptors (Lipinski definition) is 4. The predicted octanol–water partition coefficient (Wildman–Crippen LogP) is 5.13. The normalized spacial score (nSPS) is 14.9. The van der Waals surface area contributed by atoms with Gasteiger partial charge in [0.15, 0.2) is 5.69 Å². The number of hydrogen-bond donors (Lipinski definition) is 1. The van der Waals surface area contributed by atoms with Crippen molar-refractivity contribution in [1.29, 1.82) is 0 Å². The van der Waals surface area contributed by atoms with Gasteiger partial charge in [0.05, 0.1) is 11.2 Å². The van der Waals surface area contributed by atoms with Crippen molar-refractivity contribution in [1.82, 2.24) is 20.0 Å². The first-order valence-corrected chi connectivity index (χ1v) is 12.7. The molecule has 0 unspecified atom stereocenters. The number of nitrogens with one attached hydrogen (secondary N) is 1. The summed E-state index contributed by atoms with van der Waals surface area (Å²) < 4.78 is 1.91.